The van der Waals surface area contributed by atoms with E-state index in [-0.39, 0.29) is 22.2 Å². The van der Waals surface area contributed by atoms with Crippen LogP contribution >= 0.6 is 35.0 Å². The highest BCUT2D eigenvalue weighted by atomic mass is 35.5. The molecule has 0 saturated heterocycles. The number of hydrogen-bond acceptors (Lipinski definition) is 4. The van der Waals surface area contributed by atoms with Crippen LogP contribution in [0.15, 0.2) is 132 Å². The van der Waals surface area contributed by atoms with Gasteiger partial charge in [0.1, 0.15) is 16.8 Å². The molecule has 0 fully saturated rings. The zero-order valence-corrected chi connectivity index (χ0v) is 27.3. The molecule has 5 aromatic rings. The maximum atomic E-state index is 14.7. The van der Waals surface area contributed by atoms with E-state index in [0.717, 1.165) is 11.1 Å². The van der Waals surface area contributed by atoms with Gasteiger partial charge in [0.2, 0.25) is 5.91 Å². The molecule has 0 spiro atoms. The lowest BCUT2D eigenvalue weighted by Gasteiger charge is -2.19. The lowest BCUT2D eigenvalue weighted by Crippen LogP contribution is -2.30. The molecule has 5 aromatic carbocycles. The van der Waals surface area contributed by atoms with Crippen LogP contribution in [0.4, 0.5) is 15.8 Å². The van der Waals surface area contributed by atoms with E-state index in [2.05, 4.69) is 16.0 Å². The number of nitrogens with one attached hydrogen (secondary N) is 3. The summed E-state index contributed by atoms with van der Waals surface area (Å²) in [5.41, 5.74) is 2.67. The van der Waals surface area contributed by atoms with Crippen molar-refractivity contribution in [2.75, 3.05) is 10.6 Å². The highest BCUT2D eigenvalue weighted by Crippen LogP contribution is 2.37. The average molecular weight is 685 g/mol. The van der Waals surface area contributed by atoms with Crippen LogP contribution in [0, 0.1) is 12.7 Å². The van der Waals surface area contributed by atoms with Crippen molar-refractivity contribution in [1.29, 1.82) is 0 Å². The van der Waals surface area contributed by atoms with Gasteiger partial charge in [-0.2, -0.15) is 0 Å². The molecule has 0 aromatic heterocycles. The number of carbonyl (C=O) groups excluding carboxylic acids is 3. The number of aryl methyl sites for hydroxylation is 1. The van der Waals surface area contributed by atoms with Gasteiger partial charge in [-0.25, -0.2) is 4.39 Å². The van der Waals surface area contributed by atoms with Crippen molar-refractivity contribution in [2.24, 2.45) is 0 Å². The number of carbonyl (C=O) groups is 3. The molecule has 10 heteroatoms. The van der Waals surface area contributed by atoms with Crippen LogP contribution in [0.2, 0.25) is 10.0 Å². The van der Waals surface area contributed by atoms with Crippen LogP contribution in [0.25, 0.3) is 6.08 Å². The fraction of sp³-hybridized carbons (Fsp3) is 0.0541. The average Bonchev–Trinajstić information content (AvgIpc) is 3.07. The minimum Gasteiger partial charge on any atom is -0.325 e. The summed E-state index contributed by atoms with van der Waals surface area (Å²) in [5.74, 6) is -2.18. The number of rotatable bonds is 10. The van der Waals surface area contributed by atoms with Gasteiger partial charge in [-0.05, 0) is 78.7 Å². The Balaban J connectivity index is 1.41. The molecule has 3 amide bonds. The predicted molar refractivity (Wildman–Crippen MR) is 188 cm³/mol. The molecule has 1 unspecified atom stereocenters. The lowest BCUT2D eigenvalue weighted by atomic mass is 10.1. The van der Waals surface area contributed by atoms with Gasteiger partial charge in [-0.3, -0.25) is 14.4 Å². The zero-order chi connectivity index (χ0) is 33.3. The van der Waals surface area contributed by atoms with Crippen LogP contribution in [0.1, 0.15) is 32.3 Å². The van der Waals surface area contributed by atoms with E-state index in [1.54, 1.807) is 60.7 Å². The predicted octanol–water partition coefficient (Wildman–Crippen LogP) is 9.32. The number of benzene rings is 5. The zero-order valence-electron chi connectivity index (χ0n) is 25.0. The van der Waals surface area contributed by atoms with Crippen molar-refractivity contribution < 1.29 is 18.8 Å². The van der Waals surface area contributed by atoms with E-state index < -0.39 is 22.9 Å². The summed E-state index contributed by atoms with van der Waals surface area (Å²) in [5, 5.41) is 8.28. The molecule has 0 aliphatic carbocycles. The third-order valence-electron chi connectivity index (χ3n) is 6.96. The van der Waals surface area contributed by atoms with Crippen molar-refractivity contribution in [2.45, 2.75) is 17.1 Å². The first-order valence-corrected chi connectivity index (χ1v) is 16.0. The van der Waals surface area contributed by atoms with Crippen LogP contribution in [0.5, 0.6) is 0 Å². The highest BCUT2D eigenvalue weighted by Gasteiger charge is 2.23. The van der Waals surface area contributed by atoms with E-state index >= 15 is 0 Å². The molecule has 6 nitrogen and oxygen atoms in total. The van der Waals surface area contributed by atoms with E-state index in [1.807, 2.05) is 49.4 Å². The molecular weight excluding hydrogens is 656 g/mol. The van der Waals surface area contributed by atoms with Gasteiger partial charge >= 0.3 is 0 Å². The number of hydrogen-bond donors (Lipinski definition) is 3. The quantitative estimate of drug-likeness (QED) is 0.101. The molecule has 0 saturated carbocycles. The second-order valence-electron chi connectivity index (χ2n) is 10.4. The van der Waals surface area contributed by atoms with Crippen LogP contribution in [0.3, 0.4) is 0 Å². The molecule has 47 heavy (non-hydrogen) atoms. The maximum Gasteiger partial charge on any atom is 0.272 e. The van der Waals surface area contributed by atoms with Crippen molar-refractivity contribution >= 4 is 70.1 Å². The van der Waals surface area contributed by atoms with Crippen LogP contribution < -0.4 is 16.0 Å². The Morgan fingerprint density at radius 2 is 1.49 bits per heavy atom. The standard InChI is InChI=1S/C37H28Cl2FN3O3S/c1-23-18-19-26(38)20-32(23)42-37(46)34(24-10-4-2-5-11-24)47-28-15-8-14-27(21-28)41-36(45)33(22-29-30(39)16-9-17-31(29)40)43-35(44)25-12-6-3-7-13-25/h2-22,34H,1H3,(H,41,45)(H,42,46)(H,43,44)/b33-22+. The molecule has 1 atom stereocenters. The fourth-order valence-corrected chi connectivity index (χ4v) is 6.02. The Kier molecular flexibility index (Phi) is 11.1. The van der Waals surface area contributed by atoms with Gasteiger partial charge in [0.05, 0.1) is 5.02 Å². The van der Waals surface area contributed by atoms with Crippen LogP contribution in [-0.4, -0.2) is 17.7 Å². The molecule has 0 radical (unpaired) electrons. The highest BCUT2D eigenvalue weighted by molar-refractivity contribution is 8.00. The third-order valence-corrected chi connectivity index (χ3v) is 8.77. The monoisotopic (exact) mass is 683 g/mol. The summed E-state index contributed by atoms with van der Waals surface area (Å²) in [4.78, 5) is 40.9. The molecule has 0 bridgehead atoms. The van der Waals surface area contributed by atoms with E-state index in [9.17, 15) is 18.8 Å². The largest absolute Gasteiger partial charge is 0.325 e. The molecule has 236 valence electrons. The SMILES string of the molecule is Cc1ccc(Cl)cc1NC(=O)C(Sc1cccc(NC(=O)/C(=C\c2c(F)cccc2Cl)NC(=O)c2ccccc2)c1)c1ccccc1. The van der Waals surface area contributed by atoms with Crippen LogP contribution in [-0.2, 0) is 9.59 Å². The number of amides is 3. The van der Waals surface area contributed by atoms with Gasteiger partial charge in [-0.1, -0.05) is 89.9 Å². The first-order chi connectivity index (χ1) is 22.7. The molecule has 0 aliphatic rings. The normalized spacial score (nSPS) is 11.8. The van der Waals surface area contributed by atoms with E-state index in [1.165, 1.54) is 36.0 Å². The van der Waals surface area contributed by atoms with Crippen molar-refractivity contribution in [3.8, 4) is 0 Å². The summed E-state index contributed by atoms with van der Waals surface area (Å²) in [7, 11) is 0. The number of anilines is 2. The molecule has 0 heterocycles. The fourth-order valence-electron chi connectivity index (χ4n) is 4.54. The summed E-state index contributed by atoms with van der Waals surface area (Å²) in [6.45, 7) is 1.88. The Morgan fingerprint density at radius 3 is 2.21 bits per heavy atom. The van der Waals surface area contributed by atoms with E-state index in [4.69, 9.17) is 23.2 Å². The summed E-state index contributed by atoms with van der Waals surface area (Å²) in [6.07, 6.45) is 1.19. The molecule has 3 N–H and O–H groups in total. The smallest absolute Gasteiger partial charge is 0.272 e. The van der Waals surface area contributed by atoms with Crippen molar-refractivity contribution in [1.82, 2.24) is 5.32 Å². The van der Waals surface area contributed by atoms with Gasteiger partial charge in [0.25, 0.3) is 11.8 Å². The second kappa shape index (κ2) is 15.6. The van der Waals surface area contributed by atoms with Gasteiger partial charge in [0, 0.05) is 32.4 Å². The first-order valence-electron chi connectivity index (χ1n) is 14.4. The first kappa shape index (κ1) is 33.5. The van der Waals surface area contributed by atoms with Crippen molar-refractivity contribution in [3.63, 3.8) is 0 Å². The Bertz CT molecular complexity index is 1940. The summed E-state index contributed by atoms with van der Waals surface area (Å²) in [6, 6.07) is 34.0. The van der Waals surface area contributed by atoms with Gasteiger partial charge < -0.3 is 16.0 Å². The maximum absolute atomic E-state index is 14.7. The lowest BCUT2D eigenvalue weighted by molar-refractivity contribution is -0.116. The topological polar surface area (TPSA) is 87.3 Å². The summed E-state index contributed by atoms with van der Waals surface area (Å²) < 4.78 is 14.7. The molecule has 5 rings (SSSR count). The number of thioether (sulfide) groups is 1. The number of halogens is 3. The molecule has 0 aliphatic heterocycles. The molecular formula is C37H28Cl2FN3O3S. The van der Waals surface area contributed by atoms with Gasteiger partial charge in [-0.15, -0.1) is 11.8 Å². The Labute approximate surface area is 286 Å². The minimum atomic E-state index is -0.704. The Morgan fingerprint density at radius 1 is 0.787 bits per heavy atom. The summed E-state index contributed by atoms with van der Waals surface area (Å²) >= 11 is 13.7. The van der Waals surface area contributed by atoms with E-state index in [0.29, 0.717) is 26.9 Å². The van der Waals surface area contributed by atoms with Crippen molar-refractivity contribution in [3.05, 3.63) is 165 Å². The second-order valence-corrected chi connectivity index (χ2v) is 12.4. The Hall–Kier alpha value is -4.89. The van der Waals surface area contributed by atoms with Gasteiger partial charge in [0.15, 0.2) is 0 Å². The third kappa shape index (κ3) is 8.89. The minimum absolute atomic E-state index is 0.0522.